The molecule has 19 heavy (non-hydrogen) atoms. The molecule has 2 atom stereocenters. The molecule has 0 saturated carbocycles. The quantitative estimate of drug-likeness (QED) is 0.799. The molecule has 0 spiro atoms. The third kappa shape index (κ3) is 5.76. The van der Waals surface area contributed by atoms with E-state index in [-0.39, 0.29) is 18.1 Å². The van der Waals surface area contributed by atoms with E-state index in [1.165, 1.54) is 4.90 Å². The minimum atomic E-state index is -1.06. The van der Waals surface area contributed by atoms with Gasteiger partial charge in [0.2, 0.25) is 0 Å². The Balaban J connectivity index is 2.52. The summed E-state index contributed by atoms with van der Waals surface area (Å²) < 4.78 is 19.4. The van der Waals surface area contributed by atoms with E-state index >= 15 is 0 Å². The van der Waals surface area contributed by atoms with Crippen LogP contribution in [-0.4, -0.2) is 47.4 Å². The highest BCUT2D eigenvalue weighted by Crippen LogP contribution is 2.19. The molecule has 112 valence electrons. The van der Waals surface area contributed by atoms with Gasteiger partial charge in [0.15, 0.2) is 0 Å². The van der Waals surface area contributed by atoms with Crippen molar-refractivity contribution in [3.8, 4) is 0 Å². The van der Waals surface area contributed by atoms with Gasteiger partial charge in [0, 0.05) is 18.1 Å². The zero-order valence-electron chi connectivity index (χ0n) is 12.9. The smallest absolute Gasteiger partial charge is 0.410 e. The van der Waals surface area contributed by atoms with E-state index in [0.29, 0.717) is 13.0 Å². The van der Waals surface area contributed by atoms with Crippen LogP contribution in [0.4, 0.5) is 9.18 Å². The van der Waals surface area contributed by atoms with Crippen molar-refractivity contribution in [3.63, 3.8) is 0 Å². The van der Waals surface area contributed by atoms with E-state index in [1.54, 1.807) is 0 Å². The van der Waals surface area contributed by atoms with Crippen LogP contribution >= 0.6 is 0 Å². The maximum Gasteiger partial charge on any atom is 0.410 e. The molecule has 0 aromatic heterocycles. The summed E-state index contributed by atoms with van der Waals surface area (Å²) in [5.41, 5.74) is -0.660. The van der Waals surface area contributed by atoms with Crippen LogP contribution in [0.15, 0.2) is 0 Å². The number of likely N-dealkylation sites (tertiary alicyclic amines) is 1. The van der Waals surface area contributed by atoms with E-state index in [4.69, 9.17) is 4.74 Å². The van der Waals surface area contributed by atoms with Crippen molar-refractivity contribution in [1.29, 1.82) is 0 Å². The van der Waals surface area contributed by atoms with Crippen molar-refractivity contribution in [3.05, 3.63) is 0 Å². The first-order chi connectivity index (χ1) is 8.48. The maximum absolute atomic E-state index is 14.1. The third-order valence-corrected chi connectivity index (χ3v) is 2.81. The second-order valence-electron chi connectivity index (χ2n) is 7.23. The van der Waals surface area contributed by atoms with Crippen molar-refractivity contribution < 1.29 is 13.9 Å². The third-order valence-electron chi connectivity index (χ3n) is 2.81. The minimum absolute atomic E-state index is 0.0999. The molecular formula is C14H27FN2O2. The molecule has 0 radical (unpaired) electrons. The number of nitrogens with zero attached hydrogens (tertiary/aromatic N) is 1. The van der Waals surface area contributed by atoms with E-state index in [1.807, 2.05) is 41.5 Å². The van der Waals surface area contributed by atoms with E-state index < -0.39 is 17.9 Å². The number of carbonyl (C=O) groups is 1. The fourth-order valence-electron chi connectivity index (χ4n) is 2.12. The highest BCUT2D eigenvalue weighted by Gasteiger charge is 2.34. The molecule has 1 heterocycles. The summed E-state index contributed by atoms with van der Waals surface area (Å²) in [5, 5.41) is 3.26. The van der Waals surface area contributed by atoms with Crippen LogP contribution < -0.4 is 5.32 Å². The Morgan fingerprint density at radius 3 is 2.26 bits per heavy atom. The maximum atomic E-state index is 14.1. The largest absolute Gasteiger partial charge is 0.444 e. The molecule has 5 heteroatoms. The summed E-state index contributed by atoms with van der Waals surface area (Å²) in [4.78, 5) is 13.3. The number of hydrogen-bond acceptors (Lipinski definition) is 3. The molecule has 1 aliphatic rings. The highest BCUT2D eigenvalue weighted by molar-refractivity contribution is 5.68. The Morgan fingerprint density at radius 2 is 1.84 bits per heavy atom. The zero-order chi connectivity index (χ0) is 14.8. The average molecular weight is 274 g/mol. The first-order valence-electron chi connectivity index (χ1n) is 6.88. The number of piperidine rings is 1. The van der Waals surface area contributed by atoms with Crippen LogP contribution in [0.2, 0.25) is 0 Å². The summed E-state index contributed by atoms with van der Waals surface area (Å²) in [5.74, 6) is 0. The van der Waals surface area contributed by atoms with E-state index in [9.17, 15) is 9.18 Å². The van der Waals surface area contributed by atoms with Gasteiger partial charge >= 0.3 is 6.09 Å². The monoisotopic (exact) mass is 274 g/mol. The Hall–Kier alpha value is -0.840. The van der Waals surface area contributed by atoms with Crippen LogP contribution in [0, 0.1) is 0 Å². The molecule has 1 saturated heterocycles. The van der Waals surface area contributed by atoms with Crippen LogP contribution in [0.5, 0.6) is 0 Å². The molecule has 1 rings (SSSR count). The highest BCUT2D eigenvalue weighted by atomic mass is 19.1. The molecule has 4 nitrogen and oxygen atoms in total. The summed E-state index contributed by atoms with van der Waals surface area (Å²) in [6.07, 6.45) is -0.873. The predicted molar refractivity (Wildman–Crippen MR) is 74.0 cm³/mol. The molecule has 0 aromatic rings. The molecule has 1 amide bonds. The van der Waals surface area contributed by atoms with Crippen molar-refractivity contribution in [2.45, 2.75) is 71.3 Å². The summed E-state index contributed by atoms with van der Waals surface area (Å²) >= 11 is 0. The number of amides is 1. The van der Waals surface area contributed by atoms with Gasteiger partial charge in [0.1, 0.15) is 11.8 Å². The lowest BCUT2D eigenvalue weighted by Gasteiger charge is -2.38. The Morgan fingerprint density at radius 1 is 1.26 bits per heavy atom. The Labute approximate surface area is 115 Å². The van der Waals surface area contributed by atoms with Crippen LogP contribution in [0.25, 0.3) is 0 Å². The van der Waals surface area contributed by atoms with Crippen molar-refractivity contribution in [1.82, 2.24) is 10.2 Å². The molecule has 1 fully saturated rings. The molecule has 1 aliphatic heterocycles. The van der Waals surface area contributed by atoms with Gasteiger partial charge in [-0.05, 0) is 48.0 Å². The topological polar surface area (TPSA) is 41.6 Å². The second kappa shape index (κ2) is 5.65. The first kappa shape index (κ1) is 16.2. The summed E-state index contributed by atoms with van der Waals surface area (Å²) in [6.45, 7) is 12.1. The lowest BCUT2D eigenvalue weighted by Crippen LogP contribution is -2.57. The second-order valence-corrected chi connectivity index (χ2v) is 7.23. The fourth-order valence-corrected chi connectivity index (χ4v) is 2.12. The van der Waals surface area contributed by atoms with Gasteiger partial charge in [0.25, 0.3) is 0 Å². The van der Waals surface area contributed by atoms with Crippen LogP contribution in [-0.2, 0) is 4.74 Å². The number of halogens is 1. The first-order valence-corrected chi connectivity index (χ1v) is 6.88. The van der Waals surface area contributed by atoms with Crippen molar-refractivity contribution >= 4 is 6.09 Å². The number of nitrogens with one attached hydrogen (secondary N) is 1. The van der Waals surface area contributed by atoms with Gasteiger partial charge in [0.05, 0.1) is 6.54 Å². The molecule has 0 unspecified atom stereocenters. The lowest BCUT2D eigenvalue weighted by molar-refractivity contribution is 0.00799. The van der Waals surface area contributed by atoms with Crippen molar-refractivity contribution in [2.75, 3.05) is 13.1 Å². The lowest BCUT2D eigenvalue weighted by atomic mass is 9.99. The molecule has 0 aromatic carbocycles. The molecule has 1 N–H and O–H groups in total. The van der Waals surface area contributed by atoms with Gasteiger partial charge < -0.3 is 15.0 Å². The molecule has 0 bridgehead atoms. The zero-order valence-corrected chi connectivity index (χ0v) is 12.9. The average Bonchev–Trinajstić information content (AvgIpc) is 2.16. The van der Waals surface area contributed by atoms with Gasteiger partial charge in [-0.15, -0.1) is 0 Å². The Kier molecular flexibility index (Phi) is 4.82. The molecule has 0 aliphatic carbocycles. The standard InChI is InChI=1S/C14H27FN2O2/c1-13(2,3)16-11-7-8-17(9-10(11)15)12(18)19-14(4,5)6/h10-11,16H,7-9H2,1-6H3/t10-,11-/m0/s1. The SMILES string of the molecule is CC(C)(C)N[C@H]1CCN(C(=O)OC(C)(C)C)C[C@@H]1F. The van der Waals surface area contributed by atoms with Gasteiger partial charge in [-0.25, -0.2) is 9.18 Å². The van der Waals surface area contributed by atoms with Crippen molar-refractivity contribution in [2.24, 2.45) is 0 Å². The summed E-state index contributed by atoms with van der Waals surface area (Å²) in [6, 6.07) is -0.196. The molecular weight excluding hydrogens is 247 g/mol. The minimum Gasteiger partial charge on any atom is -0.444 e. The fraction of sp³-hybridized carbons (Fsp3) is 0.929. The number of hydrogen-bond donors (Lipinski definition) is 1. The Bertz CT molecular complexity index is 320. The van der Waals surface area contributed by atoms with E-state index in [0.717, 1.165) is 0 Å². The van der Waals surface area contributed by atoms with E-state index in [2.05, 4.69) is 5.32 Å². The number of rotatable bonds is 1. The van der Waals surface area contributed by atoms with Gasteiger partial charge in [-0.2, -0.15) is 0 Å². The van der Waals surface area contributed by atoms with Gasteiger partial charge in [-0.1, -0.05) is 0 Å². The predicted octanol–water partition coefficient (Wildman–Crippen LogP) is 2.72. The van der Waals surface area contributed by atoms with Crippen LogP contribution in [0.1, 0.15) is 48.0 Å². The number of ether oxygens (including phenoxy) is 1. The van der Waals surface area contributed by atoms with Gasteiger partial charge in [-0.3, -0.25) is 0 Å². The normalized spacial score (nSPS) is 25.3. The summed E-state index contributed by atoms with van der Waals surface area (Å²) in [7, 11) is 0. The number of alkyl halides is 1. The van der Waals surface area contributed by atoms with Crippen LogP contribution in [0.3, 0.4) is 0 Å². The number of carbonyl (C=O) groups excluding carboxylic acids is 1.